The van der Waals surface area contributed by atoms with Crippen molar-refractivity contribution >= 4 is 15.5 Å². The van der Waals surface area contributed by atoms with E-state index in [1.165, 1.54) is 5.56 Å². The molecular formula is C17H19NO2S. The van der Waals surface area contributed by atoms with Crippen LogP contribution in [-0.2, 0) is 16.3 Å². The van der Waals surface area contributed by atoms with Gasteiger partial charge in [0.15, 0.2) is 9.84 Å². The van der Waals surface area contributed by atoms with Gasteiger partial charge < -0.3 is 5.32 Å². The minimum atomic E-state index is -3.28. The number of aryl methyl sites for hydroxylation is 2. The molecule has 1 atom stereocenters. The highest BCUT2D eigenvalue weighted by atomic mass is 32.2. The number of hydrogen-bond donors (Lipinski definition) is 1. The van der Waals surface area contributed by atoms with Gasteiger partial charge in [0, 0.05) is 12.2 Å². The molecule has 1 aliphatic rings. The fourth-order valence-corrected chi connectivity index (χ4v) is 4.37. The maximum Gasteiger partial charge on any atom is 0.182 e. The predicted octanol–water partition coefficient (Wildman–Crippen LogP) is 3.20. The van der Waals surface area contributed by atoms with Gasteiger partial charge in [-0.05, 0) is 43.5 Å². The topological polar surface area (TPSA) is 46.2 Å². The Balaban J connectivity index is 1.86. The van der Waals surface area contributed by atoms with Crippen LogP contribution in [0.4, 0.5) is 5.69 Å². The molecule has 1 heterocycles. The average molecular weight is 301 g/mol. The second kappa shape index (κ2) is 5.53. The van der Waals surface area contributed by atoms with Gasteiger partial charge in [0.25, 0.3) is 0 Å². The summed E-state index contributed by atoms with van der Waals surface area (Å²) in [7, 11) is -3.28. The van der Waals surface area contributed by atoms with Crippen molar-refractivity contribution in [3.63, 3.8) is 0 Å². The van der Waals surface area contributed by atoms with E-state index < -0.39 is 9.84 Å². The summed E-state index contributed by atoms with van der Waals surface area (Å²) in [5, 5.41) is 2.90. The number of benzene rings is 2. The highest BCUT2D eigenvalue weighted by molar-refractivity contribution is 7.92. The zero-order valence-corrected chi connectivity index (χ0v) is 12.9. The fraction of sp³-hybridized carbons (Fsp3) is 0.294. The van der Waals surface area contributed by atoms with Gasteiger partial charge >= 0.3 is 0 Å². The van der Waals surface area contributed by atoms with E-state index in [9.17, 15) is 8.42 Å². The standard InChI is InChI=1S/C17H19NO2S/c1-13-6-9-15(10-7-13)21(19,20)16-11-8-14-4-2-3-5-17(14)18-12-16/h2-7,9-10,16,18H,8,11-12H2,1H3. The van der Waals surface area contributed by atoms with Crippen LogP contribution in [0.5, 0.6) is 0 Å². The van der Waals surface area contributed by atoms with Gasteiger partial charge in [-0.15, -0.1) is 0 Å². The number of sulfone groups is 1. The van der Waals surface area contributed by atoms with Crippen molar-refractivity contribution in [3.8, 4) is 0 Å². The van der Waals surface area contributed by atoms with E-state index in [-0.39, 0.29) is 5.25 Å². The summed E-state index contributed by atoms with van der Waals surface area (Å²) in [6.45, 7) is 2.42. The lowest BCUT2D eigenvalue weighted by molar-refractivity contribution is 0.575. The number of fused-ring (bicyclic) bond motifs is 1. The first kappa shape index (κ1) is 14.1. The van der Waals surface area contributed by atoms with Crippen molar-refractivity contribution in [2.75, 3.05) is 11.9 Å². The summed E-state index contributed by atoms with van der Waals surface area (Å²) in [5.41, 5.74) is 3.32. The van der Waals surface area contributed by atoms with Crippen LogP contribution in [0.3, 0.4) is 0 Å². The molecule has 0 bridgehead atoms. The average Bonchev–Trinajstić information content (AvgIpc) is 2.70. The molecule has 0 spiro atoms. The van der Waals surface area contributed by atoms with Crippen molar-refractivity contribution in [3.05, 3.63) is 59.7 Å². The third-order valence-corrected chi connectivity index (χ3v) is 6.27. The molecule has 2 aromatic carbocycles. The van der Waals surface area contributed by atoms with Crippen LogP contribution in [0.15, 0.2) is 53.4 Å². The minimum absolute atomic E-state index is 0.382. The van der Waals surface area contributed by atoms with Crippen LogP contribution in [0, 0.1) is 6.92 Å². The fourth-order valence-electron chi connectivity index (χ4n) is 2.74. The number of anilines is 1. The first-order valence-electron chi connectivity index (χ1n) is 7.20. The van der Waals surface area contributed by atoms with Crippen molar-refractivity contribution < 1.29 is 8.42 Å². The second-order valence-electron chi connectivity index (χ2n) is 5.56. The summed E-state index contributed by atoms with van der Waals surface area (Å²) >= 11 is 0. The van der Waals surface area contributed by atoms with Crippen LogP contribution in [-0.4, -0.2) is 20.2 Å². The van der Waals surface area contributed by atoms with Crippen molar-refractivity contribution in [1.29, 1.82) is 0 Å². The molecule has 1 unspecified atom stereocenters. The molecule has 0 radical (unpaired) electrons. The monoisotopic (exact) mass is 301 g/mol. The van der Waals surface area contributed by atoms with Crippen LogP contribution in [0.25, 0.3) is 0 Å². The minimum Gasteiger partial charge on any atom is -0.384 e. The Bertz CT molecular complexity index is 709. The van der Waals surface area contributed by atoms with Gasteiger partial charge in [0.2, 0.25) is 0 Å². The largest absolute Gasteiger partial charge is 0.384 e. The van der Waals surface area contributed by atoms with Crippen LogP contribution in [0.2, 0.25) is 0 Å². The molecule has 110 valence electrons. The van der Waals surface area contributed by atoms with E-state index in [4.69, 9.17) is 0 Å². The maximum atomic E-state index is 12.8. The zero-order chi connectivity index (χ0) is 14.9. The third-order valence-electron chi connectivity index (χ3n) is 4.06. The summed E-state index contributed by atoms with van der Waals surface area (Å²) in [5.74, 6) is 0. The summed E-state index contributed by atoms with van der Waals surface area (Å²) in [6, 6.07) is 15.2. The molecule has 0 saturated heterocycles. The first-order chi connectivity index (χ1) is 10.1. The lowest BCUT2D eigenvalue weighted by atomic mass is 10.1. The third kappa shape index (κ3) is 2.81. The molecule has 0 fully saturated rings. The summed E-state index contributed by atoms with van der Waals surface area (Å²) < 4.78 is 25.5. The molecule has 3 rings (SSSR count). The molecule has 21 heavy (non-hydrogen) atoms. The Morgan fingerprint density at radius 1 is 1.05 bits per heavy atom. The number of nitrogens with one attached hydrogen (secondary N) is 1. The molecule has 3 nitrogen and oxygen atoms in total. The Morgan fingerprint density at radius 2 is 1.76 bits per heavy atom. The van der Waals surface area contributed by atoms with E-state index in [0.29, 0.717) is 17.9 Å². The van der Waals surface area contributed by atoms with E-state index >= 15 is 0 Å². The van der Waals surface area contributed by atoms with Gasteiger partial charge in [-0.3, -0.25) is 0 Å². The molecule has 0 aromatic heterocycles. The number of hydrogen-bond acceptors (Lipinski definition) is 3. The lowest BCUT2D eigenvalue weighted by Crippen LogP contribution is -2.28. The van der Waals surface area contributed by atoms with Gasteiger partial charge in [0.05, 0.1) is 10.1 Å². The van der Waals surface area contributed by atoms with Crippen LogP contribution in [0.1, 0.15) is 17.5 Å². The van der Waals surface area contributed by atoms with E-state index in [2.05, 4.69) is 11.4 Å². The molecule has 0 aliphatic carbocycles. The number of rotatable bonds is 2. The van der Waals surface area contributed by atoms with Gasteiger partial charge in [-0.1, -0.05) is 35.9 Å². The Morgan fingerprint density at radius 3 is 2.52 bits per heavy atom. The first-order valence-corrected chi connectivity index (χ1v) is 8.74. The van der Waals surface area contributed by atoms with Crippen molar-refractivity contribution in [2.24, 2.45) is 0 Å². The van der Waals surface area contributed by atoms with Crippen molar-refractivity contribution in [2.45, 2.75) is 29.9 Å². The van der Waals surface area contributed by atoms with Gasteiger partial charge in [0.1, 0.15) is 0 Å². The smallest absolute Gasteiger partial charge is 0.182 e. The highest BCUT2D eigenvalue weighted by Crippen LogP contribution is 2.26. The van der Waals surface area contributed by atoms with E-state index in [1.807, 2.05) is 37.3 Å². The molecule has 0 saturated carbocycles. The Kier molecular flexibility index (Phi) is 3.72. The normalized spacial score (nSPS) is 18.4. The van der Waals surface area contributed by atoms with Crippen LogP contribution >= 0.6 is 0 Å². The van der Waals surface area contributed by atoms with Gasteiger partial charge in [-0.2, -0.15) is 0 Å². The molecular weight excluding hydrogens is 282 g/mol. The van der Waals surface area contributed by atoms with Gasteiger partial charge in [-0.25, -0.2) is 8.42 Å². The Labute approximate surface area is 125 Å². The second-order valence-corrected chi connectivity index (χ2v) is 7.78. The molecule has 2 aromatic rings. The quantitative estimate of drug-likeness (QED) is 0.926. The molecule has 0 amide bonds. The lowest BCUT2D eigenvalue weighted by Gasteiger charge is -2.16. The number of para-hydroxylation sites is 1. The summed E-state index contributed by atoms with van der Waals surface area (Å²) in [4.78, 5) is 0.422. The Hall–Kier alpha value is -1.81. The van der Waals surface area contributed by atoms with Crippen molar-refractivity contribution in [1.82, 2.24) is 0 Å². The van der Waals surface area contributed by atoms with E-state index in [0.717, 1.165) is 17.7 Å². The predicted molar refractivity (Wildman–Crippen MR) is 85.4 cm³/mol. The van der Waals surface area contributed by atoms with E-state index in [1.54, 1.807) is 12.1 Å². The summed E-state index contributed by atoms with van der Waals surface area (Å²) in [6.07, 6.45) is 1.44. The highest BCUT2D eigenvalue weighted by Gasteiger charge is 2.29. The molecule has 1 N–H and O–H groups in total. The molecule has 4 heteroatoms. The SMILES string of the molecule is Cc1ccc(S(=O)(=O)C2CCc3ccccc3NC2)cc1. The molecule has 1 aliphatic heterocycles. The van der Waals surface area contributed by atoms with Crippen LogP contribution < -0.4 is 5.32 Å². The maximum absolute atomic E-state index is 12.8. The zero-order valence-electron chi connectivity index (χ0n) is 12.0.